The van der Waals surface area contributed by atoms with Crippen LogP contribution >= 0.6 is 15.9 Å². The van der Waals surface area contributed by atoms with Crippen LogP contribution in [-0.4, -0.2) is 42.2 Å². The van der Waals surface area contributed by atoms with Gasteiger partial charge in [0.25, 0.3) is 10.0 Å². The minimum absolute atomic E-state index is 0.0976. The highest BCUT2D eigenvalue weighted by Crippen LogP contribution is 2.39. The lowest BCUT2D eigenvalue weighted by molar-refractivity contribution is -0.119. The summed E-state index contributed by atoms with van der Waals surface area (Å²) < 4.78 is 45.0. The number of ether oxygens (including phenoxy) is 3. The summed E-state index contributed by atoms with van der Waals surface area (Å²) in [7, 11) is 0.506. The number of rotatable bonds is 10. The van der Waals surface area contributed by atoms with Crippen LogP contribution in [0.1, 0.15) is 11.1 Å². The molecule has 0 bridgehead atoms. The molecule has 1 amide bonds. The van der Waals surface area contributed by atoms with Crippen molar-refractivity contribution in [1.29, 1.82) is 0 Å². The number of halogens is 1. The van der Waals surface area contributed by atoms with Crippen molar-refractivity contribution in [3.05, 3.63) is 76.3 Å². The van der Waals surface area contributed by atoms with E-state index in [-0.39, 0.29) is 11.4 Å². The number of carbonyl (C=O) groups excluding carboxylic acids is 1. The fraction of sp³-hybridized carbons (Fsp3) is 0.240. The van der Waals surface area contributed by atoms with Crippen molar-refractivity contribution < 1.29 is 27.4 Å². The van der Waals surface area contributed by atoms with Crippen molar-refractivity contribution in [3.63, 3.8) is 0 Å². The predicted octanol–water partition coefficient (Wildman–Crippen LogP) is 4.30. The second-order valence-corrected chi connectivity index (χ2v) is 10.3. The molecule has 8 nitrogen and oxygen atoms in total. The molecule has 0 aliphatic rings. The zero-order chi connectivity index (χ0) is 25.6. The SMILES string of the molecule is COc1ccc(CNC(=O)CN(c2ccc(Br)cc2)S(=O)(=O)c2ccc(C)cc2)c(OC)c1OC. The smallest absolute Gasteiger partial charge is 0.264 e. The van der Waals surface area contributed by atoms with Gasteiger partial charge in [-0.2, -0.15) is 0 Å². The highest BCUT2D eigenvalue weighted by Gasteiger charge is 2.27. The summed E-state index contributed by atoms with van der Waals surface area (Å²) >= 11 is 3.36. The maximum Gasteiger partial charge on any atom is 0.264 e. The summed E-state index contributed by atoms with van der Waals surface area (Å²) in [6.07, 6.45) is 0. The van der Waals surface area contributed by atoms with Gasteiger partial charge in [0.05, 0.1) is 31.9 Å². The maximum absolute atomic E-state index is 13.5. The number of sulfonamides is 1. The number of anilines is 1. The van der Waals surface area contributed by atoms with Gasteiger partial charge in [0.2, 0.25) is 11.7 Å². The molecule has 0 fully saturated rings. The number of amides is 1. The third-order valence-electron chi connectivity index (χ3n) is 5.27. The van der Waals surface area contributed by atoms with Crippen molar-refractivity contribution >= 4 is 37.5 Å². The first-order valence-electron chi connectivity index (χ1n) is 10.6. The number of aryl methyl sites for hydroxylation is 1. The first kappa shape index (κ1) is 26.4. The molecule has 1 N–H and O–H groups in total. The normalized spacial score (nSPS) is 11.0. The predicted molar refractivity (Wildman–Crippen MR) is 138 cm³/mol. The molecule has 0 saturated heterocycles. The molecular formula is C25H27BrN2O6S. The summed E-state index contributed by atoms with van der Waals surface area (Å²) in [5.41, 5.74) is 1.95. The lowest BCUT2D eigenvalue weighted by Crippen LogP contribution is -2.40. The standard InChI is InChI=1S/C25H27BrN2O6S/c1-17-5-12-21(13-6-17)35(30,31)28(20-10-8-19(26)9-11-20)16-23(29)27-15-18-7-14-22(32-2)25(34-4)24(18)33-3/h5-14H,15-16H2,1-4H3,(H,27,29). The third kappa shape index (κ3) is 6.07. The highest BCUT2D eigenvalue weighted by atomic mass is 79.9. The Morgan fingerprint density at radius 1 is 0.886 bits per heavy atom. The summed E-state index contributed by atoms with van der Waals surface area (Å²) in [6.45, 7) is 1.56. The third-order valence-corrected chi connectivity index (χ3v) is 7.59. The number of carbonyl (C=O) groups is 1. The van der Waals surface area contributed by atoms with E-state index in [1.54, 1.807) is 48.5 Å². The molecule has 0 unspecified atom stereocenters. The number of methoxy groups -OCH3 is 3. The van der Waals surface area contributed by atoms with Crippen LogP contribution < -0.4 is 23.8 Å². The van der Waals surface area contributed by atoms with Crippen molar-refractivity contribution in [1.82, 2.24) is 5.32 Å². The van der Waals surface area contributed by atoms with Gasteiger partial charge in [0.1, 0.15) is 6.54 Å². The van der Waals surface area contributed by atoms with Crippen LogP contribution in [0.5, 0.6) is 17.2 Å². The molecule has 0 aromatic heterocycles. The number of nitrogens with one attached hydrogen (secondary N) is 1. The Hall–Kier alpha value is -3.24. The minimum Gasteiger partial charge on any atom is -0.493 e. The first-order chi connectivity index (χ1) is 16.7. The van der Waals surface area contributed by atoms with Gasteiger partial charge in [-0.1, -0.05) is 33.6 Å². The van der Waals surface area contributed by atoms with E-state index < -0.39 is 22.5 Å². The Morgan fingerprint density at radius 3 is 2.09 bits per heavy atom. The number of nitrogens with zero attached hydrogens (tertiary/aromatic N) is 1. The van der Waals surface area contributed by atoms with Gasteiger partial charge in [-0.05, 0) is 55.5 Å². The molecule has 0 aliphatic heterocycles. The van der Waals surface area contributed by atoms with Gasteiger partial charge in [-0.15, -0.1) is 0 Å². The van der Waals surface area contributed by atoms with E-state index in [1.807, 2.05) is 6.92 Å². The minimum atomic E-state index is -4.00. The molecule has 186 valence electrons. The molecule has 3 aromatic rings. The van der Waals surface area contributed by atoms with Crippen molar-refractivity contribution in [2.75, 3.05) is 32.2 Å². The summed E-state index contributed by atoms with van der Waals surface area (Å²) in [5.74, 6) is 0.829. The monoisotopic (exact) mass is 562 g/mol. The fourth-order valence-corrected chi connectivity index (χ4v) is 5.13. The maximum atomic E-state index is 13.5. The average molecular weight is 563 g/mol. The number of hydrogen-bond acceptors (Lipinski definition) is 6. The molecule has 10 heteroatoms. The van der Waals surface area contributed by atoms with Crippen LogP contribution in [0.2, 0.25) is 0 Å². The Bertz CT molecular complexity index is 1280. The highest BCUT2D eigenvalue weighted by molar-refractivity contribution is 9.10. The molecule has 35 heavy (non-hydrogen) atoms. The largest absolute Gasteiger partial charge is 0.493 e. The summed E-state index contributed by atoms with van der Waals surface area (Å²) in [6, 6.07) is 16.7. The van der Waals surface area contributed by atoms with Gasteiger partial charge in [-0.3, -0.25) is 9.10 Å². The second-order valence-electron chi connectivity index (χ2n) is 7.57. The van der Waals surface area contributed by atoms with Crippen LogP contribution in [0.15, 0.2) is 70.0 Å². The lowest BCUT2D eigenvalue weighted by Gasteiger charge is -2.24. The van der Waals surface area contributed by atoms with E-state index in [4.69, 9.17) is 14.2 Å². The summed E-state index contributed by atoms with van der Waals surface area (Å²) in [4.78, 5) is 13.1. The molecule has 3 rings (SSSR count). The Balaban J connectivity index is 1.86. The van der Waals surface area contributed by atoms with Gasteiger partial charge in [0, 0.05) is 16.6 Å². The van der Waals surface area contributed by atoms with Crippen LogP contribution in [0.25, 0.3) is 0 Å². The molecule has 3 aromatic carbocycles. The fourth-order valence-electron chi connectivity index (χ4n) is 3.44. The van der Waals surface area contributed by atoms with E-state index in [9.17, 15) is 13.2 Å². The number of benzene rings is 3. The van der Waals surface area contributed by atoms with E-state index in [0.29, 0.717) is 28.5 Å². The number of hydrogen-bond donors (Lipinski definition) is 1. The average Bonchev–Trinajstić information content (AvgIpc) is 2.86. The zero-order valence-electron chi connectivity index (χ0n) is 19.9. The molecule has 0 radical (unpaired) electrons. The van der Waals surface area contributed by atoms with E-state index in [0.717, 1.165) is 14.3 Å². The molecule has 0 atom stereocenters. The van der Waals surface area contributed by atoms with Gasteiger partial charge < -0.3 is 19.5 Å². The Kier molecular flexibility index (Phi) is 8.63. The second kappa shape index (κ2) is 11.5. The topological polar surface area (TPSA) is 94.2 Å². The summed E-state index contributed by atoms with van der Waals surface area (Å²) in [5, 5.41) is 2.78. The van der Waals surface area contributed by atoms with Gasteiger partial charge >= 0.3 is 0 Å². The molecule has 0 saturated carbocycles. The quantitative estimate of drug-likeness (QED) is 0.396. The van der Waals surface area contributed by atoms with Gasteiger partial charge in [0.15, 0.2) is 11.5 Å². The zero-order valence-corrected chi connectivity index (χ0v) is 22.3. The van der Waals surface area contributed by atoms with E-state index in [2.05, 4.69) is 21.2 Å². The Labute approximate surface area is 214 Å². The molecule has 0 aliphatic carbocycles. The van der Waals surface area contributed by atoms with Crippen molar-refractivity contribution in [3.8, 4) is 17.2 Å². The van der Waals surface area contributed by atoms with E-state index >= 15 is 0 Å². The van der Waals surface area contributed by atoms with Crippen LogP contribution in [0.4, 0.5) is 5.69 Å². The Morgan fingerprint density at radius 2 is 1.51 bits per heavy atom. The van der Waals surface area contributed by atoms with Crippen molar-refractivity contribution in [2.24, 2.45) is 0 Å². The van der Waals surface area contributed by atoms with E-state index in [1.165, 1.54) is 33.5 Å². The molecular weight excluding hydrogens is 536 g/mol. The van der Waals surface area contributed by atoms with Crippen molar-refractivity contribution in [2.45, 2.75) is 18.4 Å². The van der Waals surface area contributed by atoms with Gasteiger partial charge in [-0.25, -0.2) is 8.42 Å². The molecule has 0 heterocycles. The van der Waals surface area contributed by atoms with Crippen LogP contribution in [0, 0.1) is 6.92 Å². The molecule has 0 spiro atoms. The first-order valence-corrected chi connectivity index (χ1v) is 12.8. The lowest BCUT2D eigenvalue weighted by atomic mass is 10.1. The van der Waals surface area contributed by atoms with Crippen LogP contribution in [-0.2, 0) is 21.4 Å². The van der Waals surface area contributed by atoms with Crippen LogP contribution in [0.3, 0.4) is 0 Å².